The van der Waals surface area contributed by atoms with Crippen LogP contribution in [0.1, 0.15) is 240 Å². The number of nitrogens with two attached hydrogens (primary N) is 1. The van der Waals surface area contributed by atoms with Crippen LogP contribution in [-0.4, -0.2) is 221 Å². The van der Waals surface area contributed by atoms with Crippen LogP contribution in [0.5, 0.6) is 41.2 Å². The molecular weight excluding hydrogens is 1460 g/mol. The van der Waals surface area contributed by atoms with Crippen molar-refractivity contribution in [1.29, 1.82) is 0 Å². The first-order valence-corrected chi connectivity index (χ1v) is 41.1. The lowest BCUT2D eigenvalue weighted by atomic mass is 9.85. The number of halogens is 1. The fourth-order valence-electron chi connectivity index (χ4n) is 14.0. The van der Waals surface area contributed by atoms with Crippen LogP contribution in [0.4, 0.5) is 19.2 Å². The number of aromatic nitrogens is 8. The molecule has 4 amide bonds. The van der Waals surface area contributed by atoms with E-state index in [9.17, 15) is 24.0 Å². The third-order valence-corrected chi connectivity index (χ3v) is 20.8. The Balaban J connectivity index is 0.000000190. The van der Waals surface area contributed by atoms with Crippen LogP contribution < -0.4 is 38.9 Å². The maximum atomic E-state index is 12.1. The number of rotatable bonds is 20. The largest absolute Gasteiger partial charge is 0.474 e. The molecule has 11 rings (SSSR count). The summed E-state index contributed by atoms with van der Waals surface area (Å²) in [6.07, 6.45) is 23.3. The Morgan fingerprint density at radius 1 is 0.375 bits per heavy atom. The Hall–Kier alpha value is -8.28. The summed E-state index contributed by atoms with van der Waals surface area (Å²) in [6.45, 7) is 35.3. The summed E-state index contributed by atoms with van der Waals surface area (Å²) >= 11 is 5.94. The quantitative estimate of drug-likeness (QED) is 0.0488. The van der Waals surface area contributed by atoms with Crippen LogP contribution in [-0.2, 0) is 28.5 Å². The molecule has 30 nitrogen and oxygen atoms in total. The number of likely N-dealkylation sites (tertiary alicyclic amines) is 4. The van der Waals surface area contributed by atoms with Crippen molar-refractivity contribution in [2.45, 2.75) is 324 Å². The number of piperidine rings is 4. The minimum Gasteiger partial charge on any atom is -0.474 e. The van der Waals surface area contributed by atoms with Gasteiger partial charge in [-0.3, -0.25) is 4.79 Å². The summed E-state index contributed by atoms with van der Waals surface area (Å²) in [5.74, 6) is 4.92. The van der Waals surface area contributed by atoms with E-state index >= 15 is 0 Å². The molecule has 0 aromatic carbocycles. The molecule has 7 aliphatic rings. The first-order valence-electron chi connectivity index (χ1n) is 40.7. The molecule has 0 spiro atoms. The number of ether oxygens (including phenoxy) is 12. The van der Waals surface area contributed by atoms with Crippen molar-refractivity contribution in [1.82, 2.24) is 59.5 Å². The van der Waals surface area contributed by atoms with E-state index in [2.05, 4.69) is 46.8 Å². The standard InChI is InChI=1S/C26H41N3O6.C21H33N3O4.C20H32N4O4.C14H20ClN3O3/c1-17(2)32-25(31)29-13-11-21(12-14-29)34-24-18(3)23(27-16-28-24)33-20-9-7-19(8-10-20)15-22(30)35-26(4,5)6;1-14(2)26-21(25)24-11-9-18(10-12-24)28-20-16(4)19(22-13-23-20)27-17-7-5-15(3)6-8-17;1-13(2)26-20(25)24-10-8-17(9-11-24)28-19-14(3)18(22-12-23-19)27-16-6-4-15(21)5-7-16;1-9(2)20-14(19)18-6-4-11(5-7-18)21-13-10(3)12(15)16-8-17-13/h16-17,19-21H,7-15H2,1-6H3;13-15,17-18H,5-12H2,1-4H3;12-13,15-17H,4-11,21H2,1-3H3;8-9,11H,4-7H2,1-3H3. The van der Waals surface area contributed by atoms with E-state index in [4.69, 9.17) is 74.2 Å². The van der Waals surface area contributed by atoms with Crippen LogP contribution in [0, 0.1) is 39.5 Å². The van der Waals surface area contributed by atoms with Gasteiger partial charge in [0.1, 0.15) is 78.8 Å². The van der Waals surface area contributed by atoms with E-state index in [1.54, 1.807) is 19.6 Å². The summed E-state index contributed by atoms with van der Waals surface area (Å²) in [5, 5.41) is 0.401. The van der Waals surface area contributed by atoms with Crippen molar-refractivity contribution in [3.63, 3.8) is 0 Å². The first kappa shape index (κ1) is 89.3. The van der Waals surface area contributed by atoms with Gasteiger partial charge in [-0.2, -0.15) is 0 Å². The van der Waals surface area contributed by atoms with Gasteiger partial charge in [-0.1, -0.05) is 18.5 Å². The zero-order chi connectivity index (χ0) is 81.2. The Morgan fingerprint density at radius 2 is 0.607 bits per heavy atom. The SMILES string of the molecule is Cc1c(Cl)ncnc1OC1CCN(C(=O)OC(C)C)CC1.Cc1c(OC2CCC(C)CC2)ncnc1OC1CCN(C(=O)OC(C)C)CC1.Cc1c(OC2CCC(CC(=O)OC(C)(C)C)CC2)ncnc1OC1CCN(C(=O)OC(C)C)CC1.Cc1c(OC2CCC(N)CC2)ncnc1OC1CCN(C(=O)OC(C)C)CC1. The van der Waals surface area contributed by atoms with Gasteiger partial charge in [0.25, 0.3) is 0 Å². The summed E-state index contributed by atoms with van der Waals surface area (Å²) in [5.41, 5.74) is 8.71. The van der Waals surface area contributed by atoms with Crippen LogP contribution in [0.2, 0.25) is 5.15 Å². The second-order valence-corrected chi connectivity index (χ2v) is 32.9. The molecule has 3 aliphatic carbocycles. The van der Waals surface area contributed by atoms with E-state index in [-0.39, 0.29) is 104 Å². The summed E-state index contributed by atoms with van der Waals surface area (Å²) < 4.78 is 69.2. The summed E-state index contributed by atoms with van der Waals surface area (Å²) in [7, 11) is 0. The van der Waals surface area contributed by atoms with E-state index < -0.39 is 5.60 Å². The minimum absolute atomic E-state index is 0.0113. The van der Waals surface area contributed by atoms with Crippen LogP contribution in [0.3, 0.4) is 0 Å². The van der Waals surface area contributed by atoms with Crippen molar-refractivity contribution >= 4 is 41.9 Å². The molecule has 3 saturated carbocycles. The van der Waals surface area contributed by atoms with E-state index in [0.717, 1.165) is 131 Å². The number of esters is 1. The third kappa shape index (κ3) is 29.6. The average Bonchev–Trinajstić information content (AvgIpc) is 0.836. The van der Waals surface area contributed by atoms with Crippen LogP contribution >= 0.6 is 11.6 Å². The van der Waals surface area contributed by atoms with E-state index in [1.807, 2.05) is 104 Å². The second kappa shape index (κ2) is 43.8. The predicted molar refractivity (Wildman–Crippen MR) is 419 cm³/mol. The summed E-state index contributed by atoms with van der Waals surface area (Å²) in [4.78, 5) is 101. The molecule has 4 aliphatic heterocycles. The maximum absolute atomic E-state index is 12.1. The topological polar surface area (TPSA) is 338 Å². The number of carbonyl (C=O) groups is 5. The monoisotopic (exact) mass is 1590 g/mol. The fourth-order valence-corrected chi connectivity index (χ4v) is 14.1. The van der Waals surface area contributed by atoms with E-state index in [1.165, 1.54) is 38.2 Å². The molecule has 4 aromatic heterocycles. The van der Waals surface area contributed by atoms with Gasteiger partial charge in [0.15, 0.2) is 0 Å². The van der Waals surface area contributed by atoms with Gasteiger partial charge in [-0.15, -0.1) is 0 Å². The van der Waals surface area contributed by atoms with Crippen molar-refractivity contribution in [2.75, 3.05) is 52.4 Å². The molecule has 4 saturated heterocycles. The highest BCUT2D eigenvalue weighted by Crippen LogP contribution is 2.36. The lowest BCUT2D eigenvalue weighted by Crippen LogP contribution is -2.42. The van der Waals surface area contributed by atoms with Gasteiger partial charge in [-0.05, 0) is 193 Å². The number of amides is 4. The Morgan fingerprint density at radius 3 is 0.866 bits per heavy atom. The van der Waals surface area contributed by atoms with E-state index in [0.29, 0.717) is 124 Å². The zero-order valence-corrected chi connectivity index (χ0v) is 69.9. The Bertz CT molecular complexity index is 3460. The average molecular weight is 1590 g/mol. The van der Waals surface area contributed by atoms with Gasteiger partial charge in [0.05, 0.1) is 41.1 Å². The smallest absolute Gasteiger partial charge is 0.410 e. The Labute approximate surface area is 667 Å². The van der Waals surface area contributed by atoms with Crippen molar-refractivity contribution in [2.24, 2.45) is 17.6 Å². The second-order valence-electron chi connectivity index (χ2n) is 32.6. The normalized spacial score (nSPS) is 21.5. The van der Waals surface area contributed by atoms with Crippen molar-refractivity contribution in [3.8, 4) is 41.2 Å². The molecule has 0 atom stereocenters. The number of hydrogen-bond donors (Lipinski definition) is 1. The number of carbonyl (C=O) groups excluding carboxylic acids is 5. The van der Waals surface area contributed by atoms with Crippen LogP contribution in [0.25, 0.3) is 0 Å². The molecule has 0 bridgehead atoms. The van der Waals surface area contributed by atoms with Crippen molar-refractivity contribution in [3.05, 3.63) is 52.7 Å². The molecule has 2 N–H and O–H groups in total. The van der Waals surface area contributed by atoms with Crippen LogP contribution in [0.15, 0.2) is 25.3 Å². The fraction of sp³-hybridized carbons (Fsp3) is 0.741. The maximum Gasteiger partial charge on any atom is 0.410 e. The summed E-state index contributed by atoms with van der Waals surface area (Å²) in [6, 6.07) is 0.286. The lowest BCUT2D eigenvalue weighted by molar-refractivity contribution is -0.156. The Kier molecular flexibility index (Phi) is 34.9. The number of hydrogen-bond acceptors (Lipinski definition) is 26. The highest BCUT2D eigenvalue weighted by Gasteiger charge is 2.34. The molecule has 112 heavy (non-hydrogen) atoms. The molecule has 8 heterocycles. The first-order chi connectivity index (χ1) is 53.3. The highest BCUT2D eigenvalue weighted by molar-refractivity contribution is 6.30. The molecule has 624 valence electrons. The predicted octanol–water partition coefficient (Wildman–Crippen LogP) is 14.6. The van der Waals surface area contributed by atoms with Gasteiger partial charge in [0.2, 0.25) is 41.2 Å². The third-order valence-electron chi connectivity index (χ3n) is 20.4. The van der Waals surface area contributed by atoms with Gasteiger partial charge < -0.3 is 82.2 Å². The molecule has 4 aromatic rings. The number of nitrogens with zero attached hydrogens (tertiary/aromatic N) is 12. The molecule has 31 heteroatoms. The highest BCUT2D eigenvalue weighted by atomic mass is 35.5. The van der Waals surface area contributed by atoms with Crippen molar-refractivity contribution < 1.29 is 80.8 Å². The van der Waals surface area contributed by atoms with Gasteiger partial charge >= 0.3 is 30.3 Å². The molecular formula is C81H126ClN13O17. The zero-order valence-electron chi connectivity index (χ0n) is 69.2. The lowest BCUT2D eigenvalue weighted by Gasteiger charge is -2.32. The van der Waals surface area contributed by atoms with Gasteiger partial charge in [-0.25, -0.2) is 59.0 Å². The molecule has 0 unspecified atom stereocenters. The minimum atomic E-state index is -0.446. The molecule has 0 radical (unpaired) electrons. The van der Waals surface area contributed by atoms with Gasteiger partial charge in [0, 0.05) is 122 Å². The molecule has 7 fully saturated rings.